The number of morpholine rings is 1. The van der Waals surface area contributed by atoms with Crippen LogP contribution in [0.5, 0.6) is 11.6 Å². The first-order chi connectivity index (χ1) is 15.5. The Kier molecular flexibility index (Phi) is 6.01. The van der Waals surface area contributed by atoms with E-state index in [1.807, 2.05) is 44.2 Å². The van der Waals surface area contributed by atoms with Gasteiger partial charge in [-0.3, -0.25) is 14.0 Å². The smallest absolute Gasteiger partial charge is 0.269 e. The number of nitrogens with zero attached hydrogens (tertiary/aromatic N) is 4. The molecule has 3 heterocycles. The van der Waals surface area contributed by atoms with E-state index in [0.29, 0.717) is 37.7 Å². The lowest BCUT2D eigenvalue weighted by Gasteiger charge is -2.26. The maximum atomic E-state index is 13.4. The van der Waals surface area contributed by atoms with Gasteiger partial charge in [-0.1, -0.05) is 24.3 Å². The molecule has 1 aromatic carbocycles. The molecule has 0 N–H and O–H groups in total. The number of fused-ring (bicyclic) bond motifs is 1. The Morgan fingerprint density at radius 1 is 1.16 bits per heavy atom. The van der Waals surface area contributed by atoms with Gasteiger partial charge in [0.25, 0.3) is 11.5 Å². The summed E-state index contributed by atoms with van der Waals surface area (Å²) in [6.07, 6.45) is 2.87. The van der Waals surface area contributed by atoms with Crippen LogP contribution in [-0.2, 0) is 9.53 Å². The van der Waals surface area contributed by atoms with Crippen molar-refractivity contribution in [2.24, 2.45) is 0 Å². The summed E-state index contributed by atoms with van der Waals surface area (Å²) in [6, 6.07) is 12.9. The zero-order valence-electron chi connectivity index (χ0n) is 17.9. The summed E-state index contributed by atoms with van der Waals surface area (Å²) in [5.74, 6) is 0.123. The minimum atomic E-state index is -0.452. The maximum Gasteiger partial charge on any atom is 0.269 e. The Labute approximate surface area is 184 Å². The number of benzene rings is 1. The first-order valence-electron chi connectivity index (χ1n) is 10.2. The highest BCUT2D eigenvalue weighted by atomic mass is 16.5. The fourth-order valence-corrected chi connectivity index (χ4v) is 3.49. The molecule has 2 aromatic heterocycles. The average Bonchev–Trinajstić information content (AvgIpc) is 2.81. The van der Waals surface area contributed by atoms with Crippen LogP contribution >= 0.6 is 0 Å². The number of amides is 1. The van der Waals surface area contributed by atoms with Gasteiger partial charge in [-0.15, -0.1) is 0 Å². The maximum absolute atomic E-state index is 13.4. The molecule has 32 heavy (non-hydrogen) atoms. The van der Waals surface area contributed by atoms with Gasteiger partial charge in [0.05, 0.1) is 13.2 Å². The van der Waals surface area contributed by atoms with Crippen LogP contribution in [0.1, 0.15) is 16.7 Å². The first-order valence-corrected chi connectivity index (χ1v) is 10.2. The summed E-state index contributed by atoms with van der Waals surface area (Å²) in [4.78, 5) is 32.4. The molecule has 4 rings (SSSR count). The van der Waals surface area contributed by atoms with Gasteiger partial charge < -0.3 is 14.4 Å². The molecule has 162 valence electrons. The Morgan fingerprint density at radius 3 is 2.59 bits per heavy atom. The Hall–Kier alpha value is -3.96. The third-order valence-corrected chi connectivity index (χ3v) is 5.29. The number of rotatable bonds is 4. The van der Waals surface area contributed by atoms with Crippen molar-refractivity contribution in [2.75, 3.05) is 26.3 Å². The molecular weight excluding hydrogens is 408 g/mol. The second kappa shape index (κ2) is 9.04. The van der Waals surface area contributed by atoms with Crippen molar-refractivity contribution in [1.29, 1.82) is 5.26 Å². The molecule has 0 aliphatic carbocycles. The topological polar surface area (TPSA) is 96.9 Å². The first kappa shape index (κ1) is 21.3. The fraction of sp³-hybridized carbons (Fsp3) is 0.250. The number of para-hydroxylation sites is 1. The number of hydrogen-bond acceptors (Lipinski definition) is 6. The van der Waals surface area contributed by atoms with Gasteiger partial charge in [0.1, 0.15) is 28.6 Å². The lowest BCUT2D eigenvalue weighted by atomic mass is 10.1. The quantitative estimate of drug-likeness (QED) is 0.466. The molecule has 1 saturated heterocycles. The Balaban J connectivity index is 1.88. The van der Waals surface area contributed by atoms with E-state index in [2.05, 4.69) is 4.98 Å². The van der Waals surface area contributed by atoms with E-state index < -0.39 is 11.5 Å². The molecule has 0 bridgehead atoms. The van der Waals surface area contributed by atoms with Gasteiger partial charge in [0.15, 0.2) is 0 Å². The molecule has 1 aliphatic rings. The lowest BCUT2D eigenvalue weighted by Crippen LogP contribution is -2.41. The van der Waals surface area contributed by atoms with Crippen molar-refractivity contribution < 1.29 is 14.3 Å². The van der Waals surface area contributed by atoms with Crippen molar-refractivity contribution in [3.05, 3.63) is 75.2 Å². The van der Waals surface area contributed by atoms with Gasteiger partial charge in [0, 0.05) is 19.3 Å². The van der Waals surface area contributed by atoms with E-state index in [4.69, 9.17) is 9.47 Å². The van der Waals surface area contributed by atoms with Crippen LogP contribution in [-0.4, -0.2) is 46.5 Å². The van der Waals surface area contributed by atoms with E-state index >= 15 is 0 Å². The zero-order chi connectivity index (χ0) is 22.7. The van der Waals surface area contributed by atoms with Crippen molar-refractivity contribution >= 4 is 17.6 Å². The molecule has 0 radical (unpaired) electrons. The van der Waals surface area contributed by atoms with Gasteiger partial charge in [-0.2, -0.15) is 10.2 Å². The van der Waals surface area contributed by atoms with Crippen LogP contribution in [0.15, 0.2) is 53.0 Å². The Bertz CT molecular complexity index is 1310. The van der Waals surface area contributed by atoms with Crippen molar-refractivity contribution in [3.8, 4) is 17.7 Å². The fourth-order valence-electron chi connectivity index (χ4n) is 3.49. The average molecular weight is 430 g/mol. The van der Waals surface area contributed by atoms with Crippen LogP contribution < -0.4 is 10.3 Å². The third-order valence-electron chi connectivity index (χ3n) is 5.29. The number of hydrogen-bond donors (Lipinski definition) is 0. The zero-order valence-corrected chi connectivity index (χ0v) is 17.9. The standard InChI is InChI=1S/C24H22N4O4/c1-16-6-3-4-8-20(16)32-22-19(24(30)28-9-5-7-17(2)21(28)26-22)14-18(15-25)23(29)27-10-12-31-13-11-27/h3-9,14H,10-13H2,1-2H3. The van der Waals surface area contributed by atoms with Gasteiger partial charge >= 0.3 is 0 Å². The van der Waals surface area contributed by atoms with E-state index in [0.717, 1.165) is 11.1 Å². The summed E-state index contributed by atoms with van der Waals surface area (Å²) in [6.45, 7) is 5.32. The molecule has 0 saturated carbocycles. The molecule has 8 nitrogen and oxygen atoms in total. The van der Waals surface area contributed by atoms with E-state index in [9.17, 15) is 14.9 Å². The highest BCUT2D eigenvalue weighted by molar-refractivity contribution is 6.02. The number of pyridine rings is 1. The molecule has 1 amide bonds. The molecule has 0 unspecified atom stereocenters. The van der Waals surface area contributed by atoms with Crippen molar-refractivity contribution in [3.63, 3.8) is 0 Å². The summed E-state index contributed by atoms with van der Waals surface area (Å²) < 4.78 is 12.7. The van der Waals surface area contributed by atoms with Crippen LogP contribution in [0.2, 0.25) is 0 Å². The summed E-state index contributed by atoms with van der Waals surface area (Å²) in [7, 11) is 0. The van der Waals surface area contributed by atoms with E-state index in [-0.39, 0.29) is 17.0 Å². The summed E-state index contributed by atoms with van der Waals surface area (Å²) >= 11 is 0. The Morgan fingerprint density at radius 2 is 1.88 bits per heavy atom. The molecule has 3 aromatic rings. The van der Waals surface area contributed by atoms with E-state index in [1.54, 1.807) is 18.3 Å². The third kappa shape index (κ3) is 4.11. The number of aromatic nitrogens is 2. The molecular formula is C24H22N4O4. The minimum Gasteiger partial charge on any atom is -0.438 e. The van der Waals surface area contributed by atoms with Gasteiger partial charge in [0.2, 0.25) is 5.88 Å². The number of carbonyl (C=O) groups excluding carboxylic acids is 1. The highest BCUT2D eigenvalue weighted by Gasteiger charge is 2.23. The normalized spacial score (nSPS) is 14.3. The van der Waals surface area contributed by atoms with Crippen molar-refractivity contribution in [1.82, 2.24) is 14.3 Å². The van der Waals surface area contributed by atoms with Crippen LogP contribution in [0.25, 0.3) is 11.7 Å². The molecule has 1 aliphatic heterocycles. The molecule has 0 atom stereocenters. The monoisotopic (exact) mass is 430 g/mol. The number of ether oxygens (including phenoxy) is 2. The van der Waals surface area contributed by atoms with Crippen LogP contribution in [0.4, 0.5) is 0 Å². The molecule has 8 heteroatoms. The second-order valence-electron chi connectivity index (χ2n) is 7.46. The van der Waals surface area contributed by atoms with Gasteiger partial charge in [-0.25, -0.2) is 0 Å². The van der Waals surface area contributed by atoms with E-state index in [1.165, 1.54) is 15.4 Å². The van der Waals surface area contributed by atoms with Crippen molar-refractivity contribution in [2.45, 2.75) is 13.8 Å². The number of aryl methyl sites for hydroxylation is 2. The highest BCUT2D eigenvalue weighted by Crippen LogP contribution is 2.27. The lowest BCUT2D eigenvalue weighted by molar-refractivity contribution is -0.130. The van der Waals surface area contributed by atoms with Gasteiger partial charge in [-0.05, 0) is 43.2 Å². The minimum absolute atomic E-state index is 0.0366. The second-order valence-corrected chi connectivity index (χ2v) is 7.46. The molecule has 1 fully saturated rings. The summed E-state index contributed by atoms with van der Waals surface area (Å²) in [5.41, 5.74) is 1.54. The predicted molar refractivity (Wildman–Crippen MR) is 118 cm³/mol. The van der Waals surface area contributed by atoms with Crippen LogP contribution in [0, 0.1) is 25.2 Å². The van der Waals surface area contributed by atoms with Crippen LogP contribution in [0.3, 0.4) is 0 Å². The number of carbonyl (C=O) groups is 1. The molecule has 0 spiro atoms. The summed E-state index contributed by atoms with van der Waals surface area (Å²) in [5, 5.41) is 9.69. The predicted octanol–water partition coefficient (Wildman–Crippen LogP) is 2.87. The largest absolute Gasteiger partial charge is 0.438 e. The SMILES string of the molecule is Cc1ccccc1Oc1nc2c(C)cccn2c(=O)c1C=C(C#N)C(=O)N1CCOCC1. The number of nitriles is 1.